The highest BCUT2D eigenvalue weighted by molar-refractivity contribution is 5.99. The van der Waals surface area contributed by atoms with Gasteiger partial charge in [-0.15, -0.1) is 0 Å². The molecule has 1 heterocycles. The van der Waals surface area contributed by atoms with Crippen LogP contribution in [0.25, 0.3) is 0 Å². The number of primary amides is 1. The van der Waals surface area contributed by atoms with Gasteiger partial charge in [0.2, 0.25) is 5.91 Å². The van der Waals surface area contributed by atoms with Crippen LogP contribution in [0.1, 0.15) is 20.8 Å². The number of carbonyl (C=O) groups is 2. The lowest BCUT2D eigenvalue weighted by Gasteiger charge is -2.36. The number of fused-ring (bicyclic) bond motifs is 1. The van der Waals surface area contributed by atoms with E-state index < -0.39 is 17.4 Å². The maximum absolute atomic E-state index is 12.5. The number of nitrogens with two attached hydrogens (primary N) is 1. The third-order valence-electron chi connectivity index (χ3n) is 2.98. The molecule has 102 valence electrons. The highest BCUT2D eigenvalue weighted by Crippen LogP contribution is 2.35. The lowest BCUT2D eigenvalue weighted by Crippen LogP contribution is -2.51. The molecule has 5 heteroatoms. The van der Waals surface area contributed by atoms with Gasteiger partial charge in [0.1, 0.15) is 5.75 Å². The molecule has 19 heavy (non-hydrogen) atoms. The molecule has 1 aromatic rings. The van der Waals surface area contributed by atoms with Crippen LogP contribution in [0.5, 0.6) is 5.75 Å². The molecule has 0 radical (unpaired) electrons. The fraction of sp³-hybridized carbons (Fsp3) is 0.429. The Morgan fingerprint density at radius 1 is 1.32 bits per heavy atom. The number of amides is 2. The van der Waals surface area contributed by atoms with Gasteiger partial charge in [-0.1, -0.05) is 32.9 Å². The summed E-state index contributed by atoms with van der Waals surface area (Å²) in [4.78, 5) is 25.4. The van der Waals surface area contributed by atoms with Crippen molar-refractivity contribution in [3.8, 4) is 5.75 Å². The number of carbonyl (C=O) groups excluding carboxylic acids is 2. The van der Waals surface area contributed by atoms with Crippen molar-refractivity contribution in [2.24, 2.45) is 11.1 Å². The quantitative estimate of drug-likeness (QED) is 0.829. The normalized spacial score (nSPS) is 18.5. The maximum Gasteiger partial charge on any atom is 0.260 e. The Bertz CT molecular complexity index is 520. The van der Waals surface area contributed by atoms with Gasteiger partial charge < -0.3 is 15.4 Å². The molecule has 0 unspecified atom stereocenters. The van der Waals surface area contributed by atoms with Crippen molar-refractivity contribution in [1.82, 2.24) is 0 Å². The first-order chi connectivity index (χ1) is 8.80. The van der Waals surface area contributed by atoms with Gasteiger partial charge in [-0.25, -0.2) is 0 Å². The molecule has 2 N–H and O–H groups in total. The first-order valence-corrected chi connectivity index (χ1v) is 6.17. The van der Waals surface area contributed by atoms with Crippen LogP contribution >= 0.6 is 0 Å². The second-order valence-electron chi connectivity index (χ2n) is 5.64. The minimum atomic E-state index is -0.804. The first-order valence-electron chi connectivity index (χ1n) is 6.17. The summed E-state index contributed by atoms with van der Waals surface area (Å²) < 4.78 is 5.52. The van der Waals surface area contributed by atoms with E-state index >= 15 is 0 Å². The summed E-state index contributed by atoms with van der Waals surface area (Å²) in [5.74, 6) is -0.120. The molecule has 1 aliphatic rings. The van der Waals surface area contributed by atoms with Crippen molar-refractivity contribution in [2.75, 3.05) is 11.4 Å². The van der Waals surface area contributed by atoms with E-state index in [-0.39, 0.29) is 12.5 Å². The Morgan fingerprint density at radius 2 is 1.95 bits per heavy atom. The molecule has 0 saturated carbocycles. The van der Waals surface area contributed by atoms with Crippen LogP contribution in [0, 0.1) is 5.41 Å². The largest absolute Gasteiger partial charge is 0.477 e. The monoisotopic (exact) mass is 262 g/mol. The molecule has 2 amide bonds. The SMILES string of the molecule is CC(C)(C)C(=O)N1C[C@H](C(N)=O)Oc2ccccc21. The molecule has 0 aliphatic carbocycles. The maximum atomic E-state index is 12.5. The summed E-state index contributed by atoms with van der Waals surface area (Å²) in [6.45, 7) is 5.68. The minimum Gasteiger partial charge on any atom is -0.477 e. The molecule has 2 rings (SSSR count). The molecular weight excluding hydrogens is 244 g/mol. The number of benzene rings is 1. The summed E-state index contributed by atoms with van der Waals surface area (Å²) in [5, 5.41) is 0. The summed E-state index contributed by atoms with van der Waals surface area (Å²) in [6, 6.07) is 7.15. The van der Waals surface area contributed by atoms with Crippen molar-refractivity contribution < 1.29 is 14.3 Å². The van der Waals surface area contributed by atoms with Crippen LogP contribution in [-0.2, 0) is 9.59 Å². The number of hydrogen-bond acceptors (Lipinski definition) is 3. The Kier molecular flexibility index (Phi) is 3.22. The van der Waals surface area contributed by atoms with Crippen LogP contribution in [-0.4, -0.2) is 24.5 Å². The van der Waals surface area contributed by atoms with Gasteiger partial charge >= 0.3 is 0 Å². The van der Waals surface area contributed by atoms with E-state index in [4.69, 9.17) is 10.5 Å². The van der Waals surface area contributed by atoms with E-state index in [0.717, 1.165) is 0 Å². The predicted molar refractivity (Wildman–Crippen MR) is 71.9 cm³/mol. The Hall–Kier alpha value is -2.04. The zero-order chi connectivity index (χ0) is 14.2. The van der Waals surface area contributed by atoms with Crippen molar-refractivity contribution >= 4 is 17.5 Å². The Morgan fingerprint density at radius 3 is 2.53 bits per heavy atom. The first kappa shape index (κ1) is 13.4. The average Bonchev–Trinajstić information content (AvgIpc) is 2.35. The molecule has 1 aliphatic heterocycles. The molecule has 5 nitrogen and oxygen atoms in total. The summed E-state index contributed by atoms with van der Waals surface area (Å²) in [7, 11) is 0. The Labute approximate surface area is 112 Å². The van der Waals surface area contributed by atoms with Crippen LogP contribution in [0.3, 0.4) is 0 Å². The number of rotatable bonds is 1. The van der Waals surface area contributed by atoms with E-state index in [1.165, 1.54) is 0 Å². The van der Waals surface area contributed by atoms with Crippen LogP contribution in [0.2, 0.25) is 0 Å². The zero-order valence-electron chi connectivity index (χ0n) is 11.3. The number of hydrogen-bond donors (Lipinski definition) is 1. The summed E-state index contributed by atoms with van der Waals surface area (Å²) in [5.41, 5.74) is 5.44. The molecule has 0 saturated heterocycles. The summed E-state index contributed by atoms with van der Waals surface area (Å²) >= 11 is 0. The van der Waals surface area contributed by atoms with Crippen molar-refractivity contribution in [3.63, 3.8) is 0 Å². The van der Waals surface area contributed by atoms with Gasteiger partial charge in [0, 0.05) is 5.41 Å². The number of nitrogens with zero attached hydrogens (tertiary/aromatic N) is 1. The molecule has 0 spiro atoms. The van der Waals surface area contributed by atoms with Gasteiger partial charge in [-0.05, 0) is 12.1 Å². The van der Waals surface area contributed by atoms with E-state index in [9.17, 15) is 9.59 Å². The Balaban J connectivity index is 2.42. The van der Waals surface area contributed by atoms with E-state index in [2.05, 4.69) is 0 Å². The van der Waals surface area contributed by atoms with Gasteiger partial charge in [-0.2, -0.15) is 0 Å². The lowest BCUT2D eigenvalue weighted by molar-refractivity contribution is -0.128. The fourth-order valence-corrected chi connectivity index (χ4v) is 1.98. The van der Waals surface area contributed by atoms with Gasteiger partial charge in [0.05, 0.1) is 12.2 Å². The third-order valence-corrected chi connectivity index (χ3v) is 2.98. The topological polar surface area (TPSA) is 72.6 Å². The van der Waals surface area contributed by atoms with Crippen molar-refractivity contribution in [3.05, 3.63) is 24.3 Å². The van der Waals surface area contributed by atoms with Crippen molar-refractivity contribution in [2.45, 2.75) is 26.9 Å². The third kappa shape index (κ3) is 2.54. The highest BCUT2D eigenvalue weighted by atomic mass is 16.5. The van der Waals surface area contributed by atoms with Crippen LogP contribution in [0.4, 0.5) is 5.69 Å². The molecule has 0 fully saturated rings. The number of ether oxygens (including phenoxy) is 1. The van der Waals surface area contributed by atoms with Crippen LogP contribution in [0.15, 0.2) is 24.3 Å². The standard InChI is InChI=1S/C14H18N2O3/c1-14(2,3)13(18)16-8-11(12(15)17)19-10-7-5-4-6-9(10)16/h4-7,11H,8H2,1-3H3,(H2,15,17)/t11-/m1/s1. The number of para-hydroxylation sites is 2. The molecule has 1 atom stereocenters. The van der Waals surface area contributed by atoms with Crippen LogP contribution < -0.4 is 15.4 Å². The lowest BCUT2D eigenvalue weighted by atomic mass is 9.93. The van der Waals surface area contributed by atoms with E-state index in [1.807, 2.05) is 26.8 Å². The van der Waals surface area contributed by atoms with Gasteiger partial charge in [0.25, 0.3) is 5.91 Å². The average molecular weight is 262 g/mol. The second kappa shape index (κ2) is 4.57. The molecule has 0 aromatic heterocycles. The van der Waals surface area contributed by atoms with Gasteiger partial charge in [0.15, 0.2) is 6.10 Å². The minimum absolute atomic E-state index is 0.0606. The van der Waals surface area contributed by atoms with E-state index in [1.54, 1.807) is 23.1 Å². The smallest absolute Gasteiger partial charge is 0.260 e. The molecule has 0 bridgehead atoms. The van der Waals surface area contributed by atoms with E-state index in [0.29, 0.717) is 11.4 Å². The summed E-state index contributed by atoms with van der Waals surface area (Å²) in [6.07, 6.45) is -0.804. The predicted octanol–water partition coefficient (Wildman–Crippen LogP) is 1.31. The zero-order valence-corrected chi connectivity index (χ0v) is 11.3. The van der Waals surface area contributed by atoms with Crippen molar-refractivity contribution in [1.29, 1.82) is 0 Å². The molecule has 1 aromatic carbocycles. The second-order valence-corrected chi connectivity index (χ2v) is 5.64. The molecular formula is C14H18N2O3. The van der Waals surface area contributed by atoms with Gasteiger partial charge in [-0.3, -0.25) is 9.59 Å². The highest BCUT2D eigenvalue weighted by Gasteiger charge is 2.36. The fourth-order valence-electron chi connectivity index (χ4n) is 1.98. The number of anilines is 1.